The van der Waals surface area contributed by atoms with Crippen LogP contribution in [0.4, 0.5) is 0 Å². The van der Waals surface area contributed by atoms with Crippen LogP contribution in [-0.4, -0.2) is 25.7 Å². The van der Waals surface area contributed by atoms with E-state index in [-0.39, 0.29) is 0 Å². The Morgan fingerprint density at radius 1 is 1.03 bits per heavy atom. The van der Waals surface area contributed by atoms with Crippen LogP contribution >= 0.6 is 23.2 Å². The molecule has 5 nitrogen and oxygen atoms in total. The number of carboxylic acid groups (broad SMARTS) is 1. The van der Waals surface area contributed by atoms with Gasteiger partial charge in [-0.05, 0) is 52.5 Å². The van der Waals surface area contributed by atoms with Gasteiger partial charge in [0.25, 0.3) is 0 Å². The van der Waals surface area contributed by atoms with E-state index in [2.05, 4.69) is 4.98 Å². The molecule has 3 rings (SSSR count). The summed E-state index contributed by atoms with van der Waals surface area (Å²) in [7, 11) is 0. The zero-order valence-corrected chi connectivity index (χ0v) is 19.0. The maximum atomic E-state index is 12.4. The van der Waals surface area contributed by atoms with Gasteiger partial charge >= 0.3 is 5.97 Å². The second kappa shape index (κ2) is 8.87. The van der Waals surface area contributed by atoms with Crippen LogP contribution in [0.2, 0.25) is 10.0 Å². The topological polar surface area (TPSA) is 75.3 Å². The second-order valence-electron chi connectivity index (χ2n) is 8.40. The molecule has 7 heteroatoms. The summed E-state index contributed by atoms with van der Waals surface area (Å²) < 4.78 is 1.38. The van der Waals surface area contributed by atoms with Crippen LogP contribution < -0.4 is 0 Å². The molecule has 31 heavy (non-hydrogen) atoms. The Morgan fingerprint density at radius 2 is 1.58 bits per heavy atom. The molecule has 0 radical (unpaired) electrons. The molecule has 2 N–H and O–H groups in total. The van der Waals surface area contributed by atoms with E-state index < -0.39 is 23.0 Å². The van der Waals surface area contributed by atoms with E-state index in [1.807, 2.05) is 32.9 Å². The first-order valence-corrected chi connectivity index (χ1v) is 10.5. The Labute approximate surface area is 191 Å². The molecule has 0 saturated heterocycles. The highest BCUT2D eigenvalue weighted by atomic mass is 35.5. The number of rotatable bonds is 6. The van der Waals surface area contributed by atoms with Gasteiger partial charge in [0.05, 0.1) is 6.33 Å². The molecule has 0 bridgehead atoms. The van der Waals surface area contributed by atoms with E-state index in [0.29, 0.717) is 15.6 Å². The number of benzene rings is 2. The fourth-order valence-electron chi connectivity index (χ4n) is 3.58. The van der Waals surface area contributed by atoms with Gasteiger partial charge in [0, 0.05) is 22.4 Å². The van der Waals surface area contributed by atoms with Crippen molar-refractivity contribution >= 4 is 34.7 Å². The Bertz CT molecular complexity index is 1070. The van der Waals surface area contributed by atoms with E-state index in [1.54, 1.807) is 42.5 Å². The minimum atomic E-state index is -1.90. The third kappa shape index (κ3) is 5.01. The van der Waals surface area contributed by atoms with E-state index in [9.17, 15) is 15.0 Å². The minimum Gasteiger partial charge on any atom is -0.480 e. The van der Waals surface area contributed by atoms with Crippen molar-refractivity contribution in [2.45, 2.75) is 32.4 Å². The van der Waals surface area contributed by atoms with Crippen molar-refractivity contribution in [3.63, 3.8) is 0 Å². The Balaban J connectivity index is 2.31. The Kier molecular flexibility index (Phi) is 6.60. The van der Waals surface area contributed by atoms with E-state index in [1.165, 1.54) is 23.3 Å². The largest absolute Gasteiger partial charge is 0.480 e. The van der Waals surface area contributed by atoms with Crippen molar-refractivity contribution < 1.29 is 15.0 Å². The van der Waals surface area contributed by atoms with Gasteiger partial charge in [-0.2, -0.15) is 0 Å². The van der Waals surface area contributed by atoms with Crippen molar-refractivity contribution in [3.8, 4) is 0 Å². The normalized spacial score (nSPS) is 15.4. The molecule has 0 aliphatic heterocycles. The molecule has 1 aromatic heterocycles. The van der Waals surface area contributed by atoms with Crippen LogP contribution in [0.1, 0.15) is 37.9 Å². The van der Waals surface area contributed by atoms with Crippen LogP contribution in [0.3, 0.4) is 0 Å². The highest BCUT2D eigenvalue weighted by Gasteiger charge is 2.44. The number of nitrogens with zero attached hydrogens (tertiary/aromatic N) is 2. The molecule has 0 spiro atoms. The summed E-state index contributed by atoms with van der Waals surface area (Å²) in [6, 6.07) is 12.4. The molecular weight excluding hydrogens is 435 g/mol. The maximum Gasteiger partial charge on any atom is 0.330 e. The van der Waals surface area contributed by atoms with Gasteiger partial charge in [0.1, 0.15) is 5.60 Å². The summed E-state index contributed by atoms with van der Waals surface area (Å²) in [5.41, 5.74) is -0.313. The molecule has 2 atom stereocenters. The molecular formula is C24H24Cl2N2O3. The lowest BCUT2D eigenvalue weighted by Gasteiger charge is -2.35. The van der Waals surface area contributed by atoms with E-state index in [4.69, 9.17) is 23.2 Å². The van der Waals surface area contributed by atoms with Crippen LogP contribution in [0.15, 0.2) is 73.3 Å². The number of aliphatic hydroxyl groups is 1. The molecule has 0 amide bonds. The van der Waals surface area contributed by atoms with Crippen molar-refractivity contribution in [1.29, 1.82) is 0 Å². The first kappa shape index (κ1) is 23.1. The fourth-order valence-corrected chi connectivity index (χ4v) is 3.84. The number of imidazole rings is 1. The van der Waals surface area contributed by atoms with Crippen molar-refractivity contribution in [3.05, 3.63) is 94.5 Å². The molecule has 0 aliphatic carbocycles. The minimum absolute atomic E-state index is 0.397. The Hall–Kier alpha value is -2.60. The molecule has 2 unspecified atom stereocenters. The summed E-state index contributed by atoms with van der Waals surface area (Å²) in [5, 5.41) is 23.3. The van der Waals surface area contributed by atoms with E-state index >= 15 is 0 Å². The van der Waals surface area contributed by atoms with Gasteiger partial charge in [-0.1, -0.05) is 68.2 Å². The third-order valence-corrected chi connectivity index (χ3v) is 5.61. The SMILES string of the molecule is CC(C)(C)C(=CC(O)(c1ccc(Cl)cc1)C(C(=O)O)n1ccnc1)c1ccc(Cl)cc1. The quantitative estimate of drug-likeness (QED) is 0.486. The van der Waals surface area contributed by atoms with Crippen LogP contribution in [0.5, 0.6) is 0 Å². The second-order valence-corrected chi connectivity index (χ2v) is 9.27. The predicted octanol–water partition coefficient (Wildman–Crippen LogP) is 5.83. The van der Waals surface area contributed by atoms with Gasteiger partial charge in [-0.15, -0.1) is 0 Å². The molecule has 1 heterocycles. The number of aliphatic carboxylic acids is 1. The first-order valence-electron chi connectivity index (χ1n) is 9.70. The lowest BCUT2D eigenvalue weighted by atomic mass is 9.76. The third-order valence-electron chi connectivity index (χ3n) is 5.11. The molecule has 0 aliphatic rings. The average molecular weight is 459 g/mol. The van der Waals surface area contributed by atoms with E-state index in [0.717, 1.165) is 11.1 Å². The number of hydrogen-bond acceptors (Lipinski definition) is 3. The highest BCUT2D eigenvalue weighted by molar-refractivity contribution is 6.30. The van der Waals surface area contributed by atoms with Crippen LogP contribution in [-0.2, 0) is 10.4 Å². The molecule has 2 aromatic carbocycles. The smallest absolute Gasteiger partial charge is 0.330 e. The number of carboxylic acids is 1. The molecule has 0 fully saturated rings. The summed E-state index contributed by atoms with van der Waals surface area (Å²) >= 11 is 12.1. The number of aromatic nitrogens is 2. The number of halogens is 2. The molecule has 0 saturated carbocycles. The molecule has 3 aromatic rings. The van der Waals surface area contributed by atoms with Crippen molar-refractivity contribution in [1.82, 2.24) is 9.55 Å². The monoisotopic (exact) mass is 458 g/mol. The number of carbonyl (C=O) groups is 1. The lowest BCUT2D eigenvalue weighted by Crippen LogP contribution is -2.40. The summed E-state index contributed by atoms with van der Waals surface area (Å²) in [6.45, 7) is 6.01. The zero-order valence-electron chi connectivity index (χ0n) is 17.5. The standard InChI is InChI=1S/C24H24Cl2N2O3/c1-23(2,3)20(16-4-8-18(25)9-5-16)14-24(31,17-6-10-19(26)11-7-17)21(22(29)30)28-13-12-27-15-28/h4-15,21,31H,1-3H3,(H,29,30). The van der Waals surface area contributed by atoms with Gasteiger partial charge in [0.15, 0.2) is 6.04 Å². The zero-order chi connectivity index (χ0) is 22.8. The first-order chi connectivity index (χ1) is 14.5. The predicted molar refractivity (Wildman–Crippen MR) is 123 cm³/mol. The Morgan fingerprint density at radius 3 is 2.03 bits per heavy atom. The van der Waals surface area contributed by atoms with Crippen LogP contribution in [0, 0.1) is 5.41 Å². The van der Waals surface area contributed by atoms with Gasteiger partial charge < -0.3 is 14.8 Å². The summed E-state index contributed by atoms with van der Waals surface area (Å²) in [6.07, 6.45) is 6.00. The fraction of sp³-hybridized carbons (Fsp3) is 0.250. The van der Waals surface area contributed by atoms with Crippen molar-refractivity contribution in [2.75, 3.05) is 0 Å². The van der Waals surface area contributed by atoms with Gasteiger partial charge in [0.2, 0.25) is 0 Å². The number of hydrogen-bond donors (Lipinski definition) is 2. The molecule has 162 valence electrons. The average Bonchev–Trinajstić information content (AvgIpc) is 3.20. The van der Waals surface area contributed by atoms with Crippen molar-refractivity contribution in [2.24, 2.45) is 5.41 Å². The van der Waals surface area contributed by atoms with Crippen LogP contribution in [0.25, 0.3) is 5.57 Å². The lowest BCUT2D eigenvalue weighted by molar-refractivity contribution is -0.148. The number of allylic oxidation sites excluding steroid dienone is 1. The van der Waals surface area contributed by atoms with Gasteiger partial charge in [-0.25, -0.2) is 9.78 Å². The summed E-state index contributed by atoms with van der Waals surface area (Å²) in [5.74, 6) is -1.20. The maximum absolute atomic E-state index is 12.4. The highest BCUT2D eigenvalue weighted by Crippen LogP contribution is 2.43. The summed E-state index contributed by atoms with van der Waals surface area (Å²) in [4.78, 5) is 16.4. The van der Waals surface area contributed by atoms with Gasteiger partial charge in [-0.3, -0.25) is 0 Å².